The molecule has 0 spiro atoms. The van der Waals surface area contributed by atoms with Crippen molar-refractivity contribution in [2.24, 2.45) is 0 Å². The third-order valence-corrected chi connectivity index (χ3v) is 8.30. The Hall–Kier alpha value is -3.77. The van der Waals surface area contributed by atoms with Crippen LogP contribution in [0.5, 0.6) is 23.0 Å². The van der Waals surface area contributed by atoms with Crippen molar-refractivity contribution in [3.05, 3.63) is 89.7 Å². The number of hydrogen-bond donors (Lipinski definition) is 1. The highest BCUT2D eigenvalue weighted by molar-refractivity contribution is 5.88. The highest BCUT2D eigenvalue weighted by atomic mass is 16.5. The molecule has 4 aromatic rings. The van der Waals surface area contributed by atoms with Gasteiger partial charge < -0.3 is 24.3 Å². The van der Waals surface area contributed by atoms with Gasteiger partial charge in [-0.1, -0.05) is 36.4 Å². The van der Waals surface area contributed by atoms with Crippen molar-refractivity contribution in [1.29, 1.82) is 0 Å². The van der Waals surface area contributed by atoms with E-state index in [1.807, 2.05) is 30.5 Å². The Morgan fingerprint density at radius 1 is 0.750 bits per heavy atom. The summed E-state index contributed by atoms with van der Waals surface area (Å²) < 4.78 is 22.4. The van der Waals surface area contributed by atoms with Crippen molar-refractivity contribution < 1.29 is 18.9 Å². The predicted octanol–water partition coefficient (Wildman–Crippen LogP) is 7.11. The van der Waals surface area contributed by atoms with Gasteiger partial charge in [0.05, 0.1) is 34.1 Å². The molecule has 40 heavy (non-hydrogen) atoms. The van der Waals surface area contributed by atoms with E-state index in [0.717, 1.165) is 46.5 Å². The van der Waals surface area contributed by atoms with E-state index < -0.39 is 0 Å². The minimum absolute atomic E-state index is 0.0507. The van der Waals surface area contributed by atoms with E-state index in [-0.39, 0.29) is 5.92 Å². The summed E-state index contributed by atoms with van der Waals surface area (Å²) in [6.45, 7) is 0.894. The Labute approximate surface area is 237 Å². The van der Waals surface area contributed by atoms with E-state index in [0.29, 0.717) is 23.5 Å². The minimum atomic E-state index is 0.0507. The molecule has 0 saturated heterocycles. The van der Waals surface area contributed by atoms with E-state index in [1.165, 1.54) is 31.2 Å². The van der Waals surface area contributed by atoms with E-state index in [1.54, 1.807) is 28.4 Å². The van der Waals surface area contributed by atoms with Crippen LogP contribution in [0, 0.1) is 0 Å². The van der Waals surface area contributed by atoms with Crippen LogP contribution >= 0.6 is 0 Å². The van der Waals surface area contributed by atoms with Crippen LogP contribution in [-0.2, 0) is 0 Å². The van der Waals surface area contributed by atoms with Crippen molar-refractivity contribution >= 4 is 10.8 Å². The lowest BCUT2D eigenvalue weighted by molar-refractivity contribution is 0.340. The fourth-order valence-corrected chi connectivity index (χ4v) is 6.12. The molecule has 1 N–H and O–H groups in total. The van der Waals surface area contributed by atoms with Crippen LogP contribution in [0.3, 0.4) is 0 Å². The zero-order chi connectivity index (χ0) is 27.9. The Kier molecular flexibility index (Phi) is 9.07. The third-order valence-electron chi connectivity index (χ3n) is 8.30. The number of nitrogens with zero attached hydrogens (tertiary/aromatic N) is 1. The van der Waals surface area contributed by atoms with Gasteiger partial charge in [-0.15, -0.1) is 0 Å². The molecule has 1 saturated carbocycles. The molecule has 6 nitrogen and oxygen atoms in total. The molecule has 5 rings (SSSR count). The van der Waals surface area contributed by atoms with Crippen LogP contribution in [0.4, 0.5) is 0 Å². The quantitative estimate of drug-likeness (QED) is 0.219. The van der Waals surface area contributed by atoms with E-state index >= 15 is 0 Å². The van der Waals surface area contributed by atoms with Gasteiger partial charge in [-0.05, 0) is 91.4 Å². The highest BCUT2D eigenvalue weighted by Gasteiger charge is 2.24. The molecule has 1 fully saturated rings. The summed E-state index contributed by atoms with van der Waals surface area (Å²) in [5, 5.41) is 6.00. The number of nitrogens with one attached hydrogen (secondary N) is 1. The minimum Gasteiger partial charge on any atom is -0.493 e. The van der Waals surface area contributed by atoms with Crippen LogP contribution in [0.2, 0.25) is 0 Å². The second-order valence-electron chi connectivity index (χ2n) is 10.5. The lowest BCUT2D eigenvalue weighted by Gasteiger charge is -2.30. The number of aromatic nitrogens is 1. The standard InChI is InChI=1S/C34H40N2O4/c1-37-30-15-12-25(20-31(30)38-2)28(34-29-22-33(40-4)32(39-3)21-26(29)16-18-36-34)17-19-35-27-13-10-24(11-14-27)23-8-6-5-7-9-23/h5-9,12,15-16,18,20-22,24,27-28,35H,10-11,13-14,17,19H2,1-4H3. The van der Waals surface area contributed by atoms with E-state index in [9.17, 15) is 0 Å². The third kappa shape index (κ3) is 6.02. The number of fused-ring (bicyclic) bond motifs is 1. The number of hydrogen-bond acceptors (Lipinski definition) is 6. The van der Waals surface area contributed by atoms with Gasteiger partial charge in [0.2, 0.25) is 0 Å². The number of methoxy groups -OCH3 is 4. The van der Waals surface area contributed by atoms with Crippen molar-refractivity contribution in [2.45, 2.75) is 50.0 Å². The second kappa shape index (κ2) is 13.1. The van der Waals surface area contributed by atoms with Crippen molar-refractivity contribution in [3.8, 4) is 23.0 Å². The number of pyridine rings is 1. The summed E-state index contributed by atoms with van der Waals surface area (Å²) in [6, 6.07) is 23.8. The number of rotatable bonds is 11. The van der Waals surface area contributed by atoms with Crippen LogP contribution in [0.25, 0.3) is 10.8 Å². The summed E-state index contributed by atoms with van der Waals surface area (Å²) >= 11 is 0. The maximum atomic E-state index is 5.67. The van der Waals surface area contributed by atoms with E-state index in [2.05, 4.69) is 47.8 Å². The maximum absolute atomic E-state index is 5.67. The molecule has 0 bridgehead atoms. The summed E-state index contributed by atoms with van der Waals surface area (Å²) in [7, 11) is 6.67. The second-order valence-corrected chi connectivity index (χ2v) is 10.5. The highest BCUT2D eigenvalue weighted by Crippen LogP contribution is 2.40. The Bertz CT molecular complexity index is 1400. The Morgan fingerprint density at radius 2 is 1.43 bits per heavy atom. The normalized spacial score (nSPS) is 17.8. The Balaban J connectivity index is 1.39. The summed E-state index contributed by atoms with van der Waals surface area (Å²) in [5.74, 6) is 3.57. The molecule has 6 heteroatoms. The van der Waals surface area contributed by atoms with Gasteiger partial charge in [-0.3, -0.25) is 4.98 Å². The molecule has 210 valence electrons. The molecule has 1 unspecified atom stereocenters. The average Bonchev–Trinajstić information content (AvgIpc) is 3.02. The molecule has 0 aliphatic heterocycles. The van der Waals surface area contributed by atoms with Crippen LogP contribution < -0.4 is 24.3 Å². The summed E-state index contributed by atoms with van der Waals surface area (Å²) in [6.07, 6.45) is 7.64. The fraction of sp³-hybridized carbons (Fsp3) is 0.382. The monoisotopic (exact) mass is 540 g/mol. The first-order valence-corrected chi connectivity index (χ1v) is 14.2. The fourth-order valence-electron chi connectivity index (χ4n) is 6.12. The van der Waals surface area contributed by atoms with Gasteiger partial charge in [0.25, 0.3) is 0 Å². The number of benzene rings is 3. The Morgan fingerprint density at radius 3 is 2.12 bits per heavy atom. The summed E-state index contributed by atoms with van der Waals surface area (Å²) in [4.78, 5) is 4.93. The molecule has 1 aromatic heterocycles. The van der Waals surface area contributed by atoms with Gasteiger partial charge in [0.1, 0.15) is 0 Å². The SMILES string of the molecule is COc1ccc(C(CCNC2CCC(c3ccccc3)CC2)c2nccc3cc(OC)c(OC)cc23)cc1OC. The molecule has 0 amide bonds. The van der Waals surface area contributed by atoms with Crippen molar-refractivity contribution in [2.75, 3.05) is 35.0 Å². The molecular weight excluding hydrogens is 500 g/mol. The van der Waals surface area contributed by atoms with Gasteiger partial charge >= 0.3 is 0 Å². The zero-order valence-corrected chi connectivity index (χ0v) is 24.0. The largest absolute Gasteiger partial charge is 0.493 e. The molecule has 3 aromatic carbocycles. The molecule has 0 radical (unpaired) electrons. The number of ether oxygens (including phenoxy) is 4. The van der Waals surface area contributed by atoms with Crippen LogP contribution in [0.1, 0.15) is 60.8 Å². The predicted molar refractivity (Wildman–Crippen MR) is 160 cm³/mol. The van der Waals surface area contributed by atoms with Crippen LogP contribution in [0.15, 0.2) is 72.9 Å². The van der Waals surface area contributed by atoms with Crippen molar-refractivity contribution in [3.63, 3.8) is 0 Å². The van der Waals surface area contributed by atoms with Gasteiger partial charge in [0.15, 0.2) is 23.0 Å². The smallest absolute Gasteiger partial charge is 0.161 e. The first kappa shape index (κ1) is 27.8. The maximum Gasteiger partial charge on any atom is 0.161 e. The molecule has 1 atom stereocenters. The van der Waals surface area contributed by atoms with Crippen molar-refractivity contribution in [1.82, 2.24) is 10.3 Å². The lowest BCUT2D eigenvalue weighted by atomic mass is 9.81. The summed E-state index contributed by atoms with van der Waals surface area (Å²) in [5.41, 5.74) is 3.63. The van der Waals surface area contributed by atoms with Gasteiger partial charge in [-0.2, -0.15) is 0 Å². The molecule has 1 aliphatic carbocycles. The lowest BCUT2D eigenvalue weighted by Crippen LogP contribution is -2.34. The molecular formula is C34H40N2O4. The first-order chi connectivity index (χ1) is 19.6. The van der Waals surface area contributed by atoms with Crippen LogP contribution in [-0.4, -0.2) is 46.0 Å². The average molecular weight is 541 g/mol. The van der Waals surface area contributed by atoms with E-state index in [4.69, 9.17) is 23.9 Å². The topological polar surface area (TPSA) is 61.8 Å². The molecule has 1 aliphatic rings. The first-order valence-electron chi connectivity index (χ1n) is 14.2. The zero-order valence-electron chi connectivity index (χ0n) is 24.0. The van der Waals surface area contributed by atoms with Gasteiger partial charge in [0, 0.05) is 23.5 Å². The molecule has 1 heterocycles. The van der Waals surface area contributed by atoms with Gasteiger partial charge in [-0.25, -0.2) is 0 Å².